The quantitative estimate of drug-likeness (QED) is 0.783. The van der Waals surface area contributed by atoms with Crippen molar-refractivity contribution in [1.82, 2.24) is 10.2 Å². The Morgan fingerprint density at radius 1 is 1.42 bits per heavy atom. The van der Waals surface area contributed by atoms with Gasteiger partial charge in [-0.25, -0.2) is 0 Å². The molecule has 0 spiro atoms. The smallest absolute Gasteiger partial charge is 0.247 e. The molecule has 1 aromatic heterocycles. The first-order valence-corrected chi connectivity index (χ1v) is 6.27. The normalized spacial score (nSPS) is 12.2. The van der Waals surface area contributed by atoms with Crippen molar-refractivity contribution in [3.8, 4) is 0 Å². The molecule has 1 amide bonds. The average Bonchev–Trinajstić information content (AvgIpc) is 2.86. The Morgan fingerprint density at radius 3 is 2.74 bits per heavy atom. The number of carbonyl (C=O) groups excluding carboxylic acids is 1. The Bertz CT molecular complexity index is 559. The Morgan fingerprint density at radius 2 is 2.11 bits per heavy atom. The zero-order valence-corrected chi connectivity index (χ0v) is 11.1. The number of amides is 1. The number of carbonyl (C=O) groups is 1. The molecule has 100 valence electrons. The van der Waals surface area contributed by atoms with Crippen LogP contribution in [0.2, 0.25) is 0 Å². The van der Waals surface area contributed by atoms with E-state index < -0.39 is 6.04 Å². The molecule has 0 saturated heterocycles. The van der Waals surface area contributed by atoms with Crippen LogP contribution in [-0.2, 0) is 11.2 Å². The van der Waals surface area contributed by atoms with E-state index in [0.717, 1.165) is 23.1 Å². The molecular formula is C14H18N4O. The van der Waals surface area contributed by atoms with Gasteiger partial charge < -0.3 is 11.1 Å². The first-order chi connectivity index (χ1) is 9.11. The third-order valence-electron chi connectivity index (χ3n) is 3.07. The molecular weight excluding hydrogens is 240 g/mol. The monoisotopic (exact) mass is 258 g/mol. The van der Waals surface area contributed by atoms with E-state index in [1.165, 1.54) is 0 Å². The highest BCUT2D eigenvalue weighted by Crippen LogP contribution is 2.16. The van der Waals surface area contributed by atoms with Gasteiger partial charge in [0, 0.05) is 5.56 Å². The number of benzene rings is 1. The minimum absolute atomic E-state index is 0.247. The highest BCUT2D eigenvalue weighted by Gasteiger charge is 2.17. The van der Waals surface area contributed by atoms with Crippen molar-refractivity contribution in [2.75, 3.05) is 5.32 Å². The molecule has 5 heteroatoms. The fraction of sp³-hybridized carbons (Fsp3) is 0.286. The van der Waals surface area contributed by atoms with Crippen LogP contribution in [0.15, 0.2) is 30.5 Å². The fourth-order valence-corrected chi connectivity index (χ4v) is 1.81. The molecule has 19 heavy (non-hydrogen) atoms. The molecule has 0 radical (unpaired) electrons. The summed E-state index contributed by atoms with van der Waals surface area (Å²) >= 11 is 0. The van der Waals surface area contributed by atoms with Gasteiger partial charge in [-0.2, -0.15) is 5.10 Å². The lowest BCUT2D eigenvalue weighted by Gasteiger charge is -2.12. The van der Waals surface area contributed by atoms with Crippen LogP contribution in [0.3, 0.4) is 0 Å². The van der Waals surface area contributed by atoms with Gasteiger partial charge in [-0.05, 0) is 18.9 Å². The third-order valence-corrected chi connectivity index (χ3v) is 3.07. The Balaban J connectivity index is 2.09. The minimum atomic E-state index is -0.686. The molecule has 4 N–H and O–H groups in total. The van der Waals surface area contributed by atoms with Crippen LogP contribution in [0.25, 0.3) is 0 Å². The zero-order valence-electron chi connectivity index (χ0n) is 11.1. The summed E-state index contributed by atoms with van der Waals surface area (Å²) in [6.45, 7) is 3.99. The Hall–Kier alpha value is -2.14. The molecule has 1 aromatic carbocycles. The van der Waals surface area contributed by atoms with Crippen molar-refractivity contribution in [2.45, 2.75) is 26.3 Å². The van der Waals surface area contributed by atoms with Crippen LogP contribution in [0.4, 0.5) is 5.82 Å². The summed E-state index contributed by atoms with van der Waals surface area (Å²) in [4.78, 5) is 12.1. The van der Waals surface area contributed by atoms with Gasteiger partial charge in [0.05, 0.1) is 6.20 Å². The first-order valence-electron chi connectivity index (χ1n) is 6.27. The number of nitrogens with two attached hydrogens (primary N) is 1. The predicted octanol–water partition coefficient (Wildman–Crippen LogP) is 1.92. The lowest BCUT2D eigenvalue weighted by molar-refractivity contribution is -0.117. The molecule has 1 unspecified atom stereocenters. The number of aromatic nitrogens is 2. The van der Waals surface area contributed by atoms with Gasteiger partial charge in [0.25, 0.3) is 0 Å². The van der Waals surface area contributed by atoms with Crippen LogP contribution in [-0.4, -0.2) is 16.1 Å². The van der Waals surface area contributed by atoms with Gasteiger partial charge in [-0.15, -0.1) is 0 Å². The van der Waals surface area contributed by atoms with Crippen molar-refractivity contribution in [2.24, 2.45) is 5.73 Å². The molecule has 1 atom stereocenters. The van der Waals surface area contributed by atoms with Crippen LogP contribution in [0.5, 0.6) is 0 Å². The molecule has 2 aromatic rings. The highest BCUT2D eigenvalue weighted by atomic mass is 16.2. The van der Waals surface area contributed by atoms with Gasteiger partial charge in [-0.1, -0.05) is 36.8 Å². The average molecular weight is 258 g/mol. The second-order valence-corrected chi connectivity index (χ2v) is 4.50. The Kier molecular flexibility index (Phi) is 3.97. The molecule has 0 bridgehead atoms. The van der Waals surface area contributed by atoms with Crippen LogP contribution >= 0.6 is 0 Å². The van der Waals surface area contributed by atoms with Crippen molar-refractivity contribution < 1.29 is 4.79 Å². The summed E-state index contributed by atoms with van der Waals surface area (Å²) in [5.41, 5.74) is 8.84. The molecule has 0 aliphatic carbocycles. The Labute approximate surface area is 112 Å². The standard InChI is InChI=1S/C14H18N4O/c1-3-10-8-16-18-13(10)17-14(19)12(15)11-6-4-9(2)5-7-11/h4-8,12H,3,15H2,1-2H3,(H2,16,17,18,19). The van der Waals surface area contributed by atoms with E-state index in [-0.39, 0.29) is 5.91 Å². The van der Waals surface area contributed by atoms with Crippen molar-refractivity contribution >= 4 is 11.7 Å². The van der Waals surface area contributed by atoms with Crippen LogP contribution in [0.1, 0.15) is 29.7 Å². The summed E-state index contributed by atoms with van der Waals surface area (Å²) in [6.07, 6.45) is 2.50. The van der Waals surface area contributed by atoms with Crippen LogP contribution in [0, 0.1) is 6.92 Å². The van der Waals surface area contributed by atoms with Gasteiger partial charge in [0.15, 0.2) is 0 Å². The molecule has 0 saturated carbocycles. The summed E-state index contributed by atoms with van der Waals surface area (Å²) in [5.74, 6) is 0.373. The maximum Gasteiger partial charge on any atom is 0.247 e. The first kappa shape index (κ1) is 13.3. The summed E-state index contributed by atoms with van der Waals surface area (Å²) in [7, 11) is 0. The number of aryl methyl sites for hydroxylation is 2. The SMILES string of the molecule is CCc1cn[nH]c1NC(=O)C(N)c1ccc(C)cc1. The van der Waals surface area contributed by atoms with E-state index in [0.29, 0.717) is 5.82 Å². The minimum Gasteiger partial charge on any atom is -0.316 e. The van der Waals surface area contributed by atoms with Gasteiger partial charge in [0.2, 0.25) is 5.91 Å². The predicted molar refractivity (Wildman–Crippen MR) is 74.7 cm³/mol. The van der Waals surface area contributed by atoms with Crippen molar-refractivity contribution in [3.63, 3.8) is 0 Å². The van der Waals surface area contributed by atoms with E-state index in [1.54, 1.807) is 6.20 Å². The molecule has 0 fully saturated rings. The maximum atomic E-state index is 12.1. The summed E-state index contributed by atoms with van der Waals surface area (Å²) in [5, 5.41) is 9.45. The van der Waals surface area contributed by atoms with E-state index in [2.05, 4.69) is 15.5 Å². The number of nitrogens with zero attached hydrogens (tertiary/aromatic N) is 1. The molecule has 1 heterocycles. The largest absolute Gasteiger partial charge is 0.316 e. The van der Waals surface area contributed by atoms with E-state index >= 15 is 0 Å². The second kappa shape index (κ2) is 5.67. The topological polar surface area (TPSA) is 83.8 Å². The summed E-state index contributed by atoms with van der Waals surface area (Å²) < 4.78 is 0. The van der Waals surface area contributed by atoms with Crippen molar-refractivity contribution in [3.05, 3.63) is 47.2 Å². The number of aromatic amines is 1. The fourth-order valence-electron chi connectivity index (χ4n) is 1.81. The molecule has 0 aliphatic heterocycles. The second-order valence-electron chi connectivity index (χ2n) is 4.50. The molecule has 5 nitrogen and oxygen atoms in total. The van der Waals surface area contributed by atoms with E-state index in [9.17, 15) is 4.79 Å². The number of nitrogens with one attached hydrogen (secondary N) is 2. The number of hydrogen-bond donors (Lipinski definition) is 3. The lowest BCUT2D eigenvalue weighted by atomic mass is 10.1. The van der Waals surface area contributed by atoms with Crippen LogP contribution < -0.4 is 11.1 Å². The molecule has 0 aliphatic rings. The van der Waals surface area contributed by atoms with E-state index in [1.807, 2.05) is 38.1 Å². The number of H-pyrrole nitrogens is 1. The number of rotatable bonds is 4. The number of hydrogen-bond acceptors (Lipinski definition) is 3. The number of anilines is 1. The van der Waals surface area contributed by atoms with Gasteiger partial charge >= 0.3 is 0 Å². The van der Waals surface area contributed by atoms with Gasteiger partial charge in [0.1, 0.15) is 11.9 Å². The highest BCUT2D eigenvalue weighted by molar-refractivity contribution is 5.95. The lowest BCUT2D eigenvalue weighted by Crippen LogP contribution is -2.28. The van der Waals surface area contributed by atoms with Gasteiger partial charge in [-0.3, -0.25) is 9.89 Å². The van der Waals surface area contributed by atoms with Crippen molar-refractivity contribution in [1.29, 1.82) is 0 Å². The third kappa shape index (κ3) is 3.00. The molecule has 2 rings (SSSR count). The zero-order chi connectivity index (χ0) is 13.8. The maximum absolute atomic E-state index is 12.1. The summed E-state index contributed by atoms with van der Waals surface area (Å²) in [6, 6.07) is 6.93. The van der Waals surface area contributed by atoms with E-state index in [4.69, 9.17) is 5.73 Å².